The van der Waals surface area contributed by atoms with Gasteiger partial charge in [-0.2, -0.15) is 0 Å². The van der Waals surface area contributed by atoms with Crippen LogP contribution in [0.4, 0.5) is 0 Å². The fraction of sp³-hybridized carbons (Fsp3) is 1.00. The van der Waals surface area contributed by atoms with Crippen molar-refractivity contribution >= 4 is 17.1 Å². The Bertz CT molecular complexity index is 238. The largest absolute Gasteiger partial charge is 0.796 e. The second kappa shape index (κ2) is 9.60. The molecule has 0 spiro atoms. The summed E-state index contributed by atoms with van der Waals surface area (Å²) in [6.45, 7) is 4.11. The van der Waals surface area contributed by atoms with Crippen molar-refractivity contribution < 1.29 is 18.8 Å². The maximum atomic E-state index is 11.9. The first-order valence-electron chi connectivity index (χ1n) is 7.49. The number of hydrogen-bond donors (Lipinski definition) is 1. The zero-order valence-electron chi connectivity index (χ0n) is 11.9. The van der Waals surface area contributed by atoms with Gasteiger partial charge in [-0.05, 0) is 25.7 Å². The van der Waals surface area contributed by atoms with Crippen molar-refractivity contribution in [1.82, 2.24) is 9.34 Å². The summed E-state index contributed by atoms with van der Waals surface area (Å²) in [6.07, 6.45) is 6.89. The first-order valence-corrected chi connectivity index (χ1v) is 9.79. The highest BCUT2D eigenvalue weighted by atomic mass is 31.2. The van der Waals surface area contributed by atoms with Crippen LogP contribution >= 0.6 is 17.1 Å². The normalized spacial score (nSPS) is 25.5. The quantitative estimate of drug-likeness (QED) is 0.569. The molecule has 6 nitrogen and oxygen atoms in total. The van der Waals surface area contributed by atoms with Gasteiger partial charge in [0.15, 0.2) is 0 Å². The molecule has 0 amide bonds. The molecular weight excluding hydrogens is 298 g/mol. The molecule has 20 heavy (non-hydrogen) atoms. The van der Waals surface area contributed by atoms with E-state index in [1.807, 2.05) is 9.34 Å². The molecule has 2 rings (SSSR count). The van der Waals surface area contributed by atoms with Crippen molar-refractivity contribution in [2.24, 2.45) is 0 Å². The van der Waals surface area contributed by atoms with Gasteiger partial charge in [0.1, 0.15) is 0 Å². The smallest absolute Gasteiger partial charge is 0.255 e. The molecule has 118 valence electrons. The van der Waals surface area contributed by atoms with Gasteiger partial charge in [-0.15, -0.1) is 0 Å². The van der Waals surface area contributed by atoms with Crippen molar-refractivity contribution in [2.45, 2.75) is 38.5 Å². The SMILES string of the molecule is [O-]P(OCCOP(O)N1CCCCC1)N1CCCCC1. The molecular formula is C12H25N2O4P2-. The molecule has 0 aromatic heterocycles. The number of piperidine rings is 2. The number of nitrogens with zero attached hydrogens (tertiary/aromatic N) is 2. The van der Waals surface area contributed by atoms with E-state index in [9.17, 15) is 9.79 Å². The van der Waals surface area contributed by atoms with Crippen LogP contribution in [0.15, 0.2) is 0 Å². The molecule has 2 aliphatic heterocycles. The first kappa shape index (κ1) is 17.0. The highest BCUT2D eigenvalue weighted by Crippen LogP contribution is 2.39. The minimum atomic E-state index is -1.73. The molecule has 2 heterocycles. The molecule has 0 saturated carbocycles. The van der Waals surface area contributed by atoms with Crippen molar-refractivity contribution in [3.8, 4) is 0 Å². The molecule has 0 aliphatic carbocycles. The summed E-state index contributed by atoms with van der Waals surface area (Å²) in [4.78, 5) is 21.8. The van der Waals surface area contributed by atoms with Gasteiger partial charge in [0.05, 0.1) is 13.2 Å². The highest BCUT2D eigenvalue weighted by Gasteiger charge is 2.20. The topological polar surface area (TPSA) is 68.2 Å². The maximum Gasteiger partial charge on any atom is 0.255 e. The van der Waals surface area contributed by atoms with Crippen LogP contribution in [0.1, 0.15) is 38.5 Å². The molecule has 0 aromatic rings. The van der Waals surface area contributed by atoms with Gasteiger partial charge in [0.2, 0.25) is 0 Å². The van der Waals surface area contributed by atoms with Gasteiger partial charge in [-0.3, -0.25) is 4.67 Å². The molecule has 2 atom stereocenters. The summed E-state index contributed by atoms with van der Waals surface area (Å²) in [5.41, 5.74) is 0. The minimum Gasteiger partial charge on any atom is -0.796 e. The van der Waals surface area contributed by atoms with Gasteiger partial charge in [-0.1, -0.05) is 12.8 Å². The molecule has 2 aliphatic rings. The Balaban J connectivity index is 1.53. The van der Waals surface area contributed by atoms with Crippen LogP contribution in [-0.2, 0) is 9.05 Å². The third kappa shape index (κ3) is 5.78. The summed E-state index contributed by atoms with van der Waals surface area (Å²) >= 11 is 0. The van der Waals surface area contributed by atoms with Crippen LogP contribution in [0, 0.1) is 0 Å². The zero-order valence-corrected chi connectivity index (χ0v) is 13.7. The van der Waals surface area contributed by atoms with Gasteiger partial charge in [-0.25, -0.2) is 4.67 Å². The van der Waals surface area contributed by atoms with Crippen molar-refractivity contribution in [1.29, 1.82) is 0 Å². The Labute approximate surface area is 124 Å². The molecule has 2 unspecified atom stereocenters. The fourth-order valence-electron chi connectivity index (χ4n) is 2.49. The van der Waals surface area contributed by atoms with Gasteiger partial charge >= 0.3 is 0 Å². The van der Waals surface area contributed by atoms with E-state index in [1.54, 1.807) is 0 Å². The van der Waals surface area contributed by atoms with E-state index in [4.69, 9.17) is 9.05 Å². The summed E-state index contributed by atoms with van der Waals surface area (Å²) in [5, 5.41) is 0. The molecule has 2 saturated heterocycles. The molecule has 1 N–H and O–H groups in total. The maximum absolute atomic E-state index is 11.9. The van der Waals surface area contributed by atoms with Gasteiger partial charge in [0.25, 0.3) is 8.53 Å². The Morgan fingerprint density at radius 1 is 0.800 bits per heavy atom. The van der Waals surface area contributed by atoms with E-state index in [0.29, 0.717) is 6.61 Å². The van der Waals surface area contributed by atoms with E-state index >= 15 is 0 Å². The van der Waals surface area contributed by atoms with E-state index in [1.165, 1.54) is 12.8 Å². The summed E-state index contributed by atoms with van der Waals surface area (Å²) < 4.78 is 14.6. The van der Waals surface area contributed by atoms with Gasteiger partial charge < -0.3 is 18.8 Å². The van der Waals surface area contributed by atoms with Crippen LogP contribution in [0.25, 0.3) is 0 Å². The van der Waals surface area contributed by atoms with Crippen LogP contribution < -0.4 is 4.89 Å². The first-order chi connectivity index (χ1) is 9.77. The Kier molecular flexibility index (Phi) is 8.15. The summed E-state index contributed by atoms with van der Waals surface area (Å²) in [5.74, 6) is 0. The lowest BCUT2D eigenvalue weighted by Crippen LogP contribution is -2.30. The third-order valence-corrected chi connectivity index (χ3v) is 6.19. The molecule has 2 fully saturated rings. The average Bonchev–Trinajstić information content (AvgIpc) is 2.53. The molecule has 0 radical (unpaired) electrons. The minimum absolute atomic E-state index is 0.277. The second-order valence-electron chi connectivity index (χ2n) is 5.19. The van der Waals surface area contributed by atoms with E-state index in [0.717, 1.165) is 51.9 Å². The highest BCUT2D eigenvalue weighted by molar-refractivity contribution is 7.43. The molecule has 8 heteroatoms. The Morgan fingerprint density at radius 3 is 1.90 bits per heavy atom. The lowest BCUT2D eigenvalue weighted by atomic mass is 10.2. The van der Waals surface area contributed by atoms with E-state index in [-0.39, 0.29) is 6.61 Å². The lowest BCUT2D eigenvalue weighted by molar-refractivity contribution is -0.194. The van der Waals surface area contributed by atoms with Crippen molar-refractivity contribution in [2.75, 3.05) is 39.4 Å². The Morgan fingerprint density at radius 2 is 1.30 bits per heavy atom. The lowest BCUT2D eigenvalue weighted by Gasteiger charge is -2.37. The van der Waals surface area contributed by atoms with Crippen LogP contribution in [0.5, 0.6) is 0 Å². The van der Waals surface area contributed by atoms with Crippen molar-refractivity contribution in [3.05, 3.63) is 0 Å². The Hall–Kier alpha value is 0.620. The van der Waals surface area contributed by atoms with Crippen molar-refractivity contribution in [3.63, 3.8) is 0 Å². The van der Waals surface area contributed by atoms with Crippen LogP contribution in [0.2, 0.25) is 0 Å². The monoisotopic (exact) mass is 323 g/mol. The number of hydrogen-bond acceptors (Lipinski definition) is 6. The zero-order chi connectivity index (χ0) is 14.2. The molecule has 0 aromatic carbocycles. The standard InChI is InChI=1S/C12H25N2O4P2/c15-19(13-7-3-1-4-8-13)17-11-12-18-20(16)14-9-5-2-6-10-14/h15H,1-12H2/q-1. The fourth-order valence-corrected chi connectivity index (χ4v) is 4.52. The van der Waals surface area contributed by atoms with E-state index < -0.39 is 17.1 Å². The number of rotatable bonds is 7. The second-order valence-corrected chi connectivity index (χ2v) is 7.81. The summed E-state index contributed by atoms with van der Waals surface area (Å²) in [6, 6.07) is 0. The van der Waals surface area contributed by atoms with E-state index in [2.05, 4.69) is 0 Å². The molecule has 0 bridgehead atoms. The average molecular weight is 323 g/mol. The third-order valence-electron chi connectivity index (χ3n) is 3.63. The van der Waals surface area contributed by atoms with Crippen LogP contribution in [-0.4, -0.2) is 53.6 Å². The predicted octanol–water partition coefficient (Wildman–Crippen LogP) is 1.80. The van der Waals surface area contributed by atoms with Crippen LogP contribution in [0.3, 0.4) is 0 Å². The predicted molar refractivity (Wildman–Crippen MR) is 78.8 cm³/mol. The summed E-state index contributed by atoms with van der Waals surface area (Å²) in [7, 11) is -3.23. The van der Waals surface area contributed by atoms with Gasteiger partial charge in [0, 0.05) is 34.7 Å².